The summed E-state index contributed by atoms with van der Waals surface area (Å²) in [5.41, 5.74) is 4.20. The number of hydrogen-bond donors (Lipinski definition) is 1. The van der Waals surface area contributed by atoms with Crippen molar-refractivity contribution in [3.05, 3.63) is 52.1 Å². The van der Waals surface area contributed by atoms with Crippen molar-refractivity contribution < 1.29 is 9.66 Å². The Morgan fingerprint density at radius 2 is 1.85 bits per heavy atom. The van der Waals surface area contributed by atoms with E-state index in [1.807, 2.05) is 31.2 Å². The maximum atomic E-state index is 11.6. The zero-order valence-electron chi connectivity index (χ0n) is 15.5. The van der Waals surface area contributed by atoms with E-state index in [0.29, 0.717) is 6.61 Å². The number of nitrogens with zero attached hydrogens (tertiary/aromatic N) is 3. The highest BCUT2D eigenvalue weighted by Gasteiger charge is 2.30. The van der Waals surface area contributed by atoms with Crippen molar-refractivity contribution in [2.24, 2.45) is 0 Å². The monoisotopic (exact) mass is 368 g/mol. The van der Waals surface area contributed by atoms with E-state index in [0.717, 1.165) is 67.5 Å². The largest absolute Gasteiger partial charge is 0.492 e. The highest BCUT2D eigenvalue weighted by atomic mass is 16.6. The van der Waals surface area contributed by atoms with Crippen molar-refractivity contribution in [1.82, 2.24) is 0 Å². The maximum absolute atomic E-state index is 11.6. The molecule has 0 amide bonds. The Morgan fingerprint density at radius 3 is 2.59 bits per heavy atom. The van der Waals surface area contributed by atoms with Crippen LogP contribution in [0.5, 0.6) is 5.75 Å². The van der Waals surface area contributed by atoms with Crippen LogP contribution in [0.15, 0.2) is 36.4 Å². The molecule has 7 heteroatoms. The first-order chi connectivity index (χ1) is 13.2. The van der Waals surface area contributed by atoms with Crippen molar-refractivity contribution in [1.29, 1.82) is 0 Å². The van der Waals surface area contributed by atoms with E-state index < -0.39 is 0 Å². The van der Waals surface area contributed by atoms with E-state index >= 15 is 0 Å². The molecule has 2 aliphatic heterocycles. The van der Waals surface area contributed by atoms with Crippen LogP contribution < -0.4 is 19.9 Å². The van der Waals surface area contributed by atoms with Gasteiger partial charge in [-0.1, -0.05) is 12.1 Å². The zero-order chi connectivity index (χ0) is 18.8. The number of hydrogen-bond acceptors (Lipinski definition) is 6. The first kappa shape index (κ1) is 17.5. The molecule has 0 aromatic heterocycles. The van der Waals surface area contributed by atoms with E-state index in [4.69, 9.17) is 4.74 Å². The average Bonchev–Trinajstić information content (AvgIpc) is 3.17. The Kier molecular flexibility index (Phi) is 4.75. The second-order valence-corrected chi connectivity index (χ2v) is 6.77. The van der Waals surface area contributed by atoms with Crippen molar-refractivity contribution in [2.75, 3.05) is 54.4 Å². The van der Waals surface area contributed by atoms with Crippen LogP contribution in [-0.4, -0.2) is 44.3 Å². The number of anilines is 3. The molecule has 1 fully saturated rings. The topological polar surface area (TPSA) is 70.9 Å². The molecular formula is C20H24N4O3. The fourth-order valence-electron chi connectivity index (χ4n) is 4.03. The zero-order valence-corrected chi connectivity index (χ0v) is 15.5. The normalized spacial score (nSPS) is 16.0. The van der Waals surface area contributed by atoms with Gasteiger partial charge in [0.05, 0.1) is 17.2 Å². The molecule has 0 bridgehead atoms. The van der Waals surface area contributed by atoms with E-state index in [1.54, 1.807) is 6.07 Å². The average molecular weight is 368 g/mol. The van der Waals surface area contributed by atoms with Gasteiger partial charge in [-0.3, -0.25) is 10.1 Å². The van der Waals surface area contributed by atoms with E-state index in [-0.39, 0.29) is 10.6 Å². The number of fused-ring (bicyclic) bond motifs is 1. The molecular weight excluding hydrogens is 344 g/mol. The second kappa shape index (κ2) is 7.34. The molecule has 2 heterocycles. The lowest BCUT2D eigenvalue weighted by Gasteiger charge is -2.38. The molecule has 1 saturated heterocycles. The van der Waals surface area contributed by atoms with Crippen molar-refractivity contribution >= 4 is 22.7 Å². The fraction of sp³-hybridized carbons (Fsp3) is 0.400. The van der Waals surface area contributed by atoms with Gasteiger partial charge in [0.1, 0.15) is 11.4 Å². The molecule has 0 saturated carbocycles. The van der Waals surface area contributed by atoms with Crippen molar-refractivity contribution in [2.45, 2.75) is 13.3 Å². The quantitative estimate of drug-likeness (QED) is 0.645. The third-order valence-corrected chi connectivity index (χ3v) is 5.25. The lowest BCUT2D eigenvalue weighted by Crippen LogP contribution is -2.47. The minimum absolute atomic E-state index is 0.209. The first-order valence-corrected chi connectivity index (χ1v) is 9.45. The number of ether oxygens (including phenoxy) is 1. The van der Waals surface area contributed by atoms with E-state index in [1.165, 1.54) is 0 Å². The summed E-state index contributed by atoms with van der Waals surface area (Å²) in [5, 5.41) is 14.9. The van der Waals surface area contributed by atoms with Crippen LogP contribution in [-0.2, 0) is 6.42 Å². The van der Waals surface area contributed by atoms with Crippen LogP contribution in [0.3, 0.4) is 0 Å². The summed E-state index contributed by atoms with van der Waals surface area (Å²) in [6, 6.07) is 11.5. The van der Waals surface area contributed by atoms with Crippen LogP contribution >= 0.6 is 0 Å². The van der Waals surface area contributed by atoms with Crippen LogP contribution in [0.4, 0.5) is 22.7 Å². The summed E-state index contributed by atoms with van der Waals surface area (Å²) < 4.78 is 5.76. The lowest BCUT2D eigenvalue weighted by molar-refractivity contribution is -0.384. The second-order valence-electron chi connectivity index (χ2n) is 6.77. The Hall–Kier alpha value is -2.96. The highest BCUT2D eigenvalue weighted by molar-refractivity contribution is 5.78. The summed E-state index contributed by atoms with van der Waals surface area (Å²) in [5.74, 6) is 0.893. The summed E-state index contributed by atoms with van der Waals surface area (Å²) in [7, 11) is 0. The van der Waals surface area contributed by atoms with Gasteiger partial charge < -0.3 is 19.9 Å². The smallest absolute Gasteiger partial charge is 0.292 e. The number of piperazine rings is 1. The Morgan fingerprint density at radius 1 is 1.11 bits per heavy atom. The number of nitro groups is 1. The molecule has 27 heavy (non-hydrogen) atoms. The Bertz CT molecular complexity index is 847. The number of nitro benzene ring substituents is 1. The van der Waals surface area contributed by atoms with Gasteiger partial charge in [0.25, 0.3) is 5.69 Å². The molecule has 0 radical (unpaired) electrons. The lowest BCUT2D eigenvalue weighted by atomic mass is 10.1. The van der Waals surface area contributed by atoms with Gasteiger partial charge in [0.15, 0.2) is 0 Å². The van der Waals surface area contributed by atoms with Gasteiger partial charge in [-0.25, -0.2) is 0 Å². The predicted octanol–water partition coefficient (Wildman–Crippen LogP) is 3.29. The molecule has 0 aliphatic carbocycles. The third kappa shape index (κ3) is 3.25. The molecule has 0 unspecified atom stereocenters. The SMILES string of the molecule is CCOc1ccccc1N1CCN(c2c([N+](=O)[O-])ccc3c2CCN3)CC1. The molecule has 0 spiro atoms. The fourth-order valence-corrected chi connectivity index (χ4v) is 4.03. The van der Waals surface area contributed by atoms with Crippen molar-refractivity contribution in [3.8, 4) is 5.75 Å². The Labute approximate surface area is 158 Å². The van der Waals surface area contributed by atoms with Crippen LogP contribution in [0.2, 0.25) is 0 Å². The predicted molar refractivity (Wildman–Crippen MR) is 107 cm³/mol. The maximum Gasteiger partial charge on any atom is 0.292 e. The molecule has 142 valence electrons. The highest BCUT2D eigenvalue weighted by Crippen LogP contribution is 2.40. The van der Waals surface area contributed by atoms with E-state index in [2.05, 4.69) is 21.2 Å². The minimum Gasteiger partial charge on any atom is -0.492 e. The molecule has 2 aliphatic rings. The summed E-state index contributed by atoms with van der Waals surface area (Å²) >= 11 is 0. The summed E-state index contributed by atoms with van der Waals surface area (Å²) in [6.07, 6.45) is 0.833. The minimum atomic E-state index is -0.259. The molecule has 2 aromatic carbocycles. The Balaban J connectivity index is 1.57. The van der Waals surface area contributed by atoms with Crippen LogP contribution in [0.1, 0.15) is 12.5 Å². The number of rotatable bonds is 5. The van der Waals surface area contributed by atoms with Gasteiger partial charge >= 0.3 is 0 Å². The van der Waals surface area contributed by atoms with Gasteiger partial charge in [-0.05, 0) is 31.5 Å². The molecule has 7 nitrogen and oxygen atoms in total. The number of benzene rings is 2. The number of nitrogens with one attached hydrogen (secondary N) is 1. The summed E-state index contributed by atoms with van der Waals surface area (Å²) in [4.78, 5) is 15.8. The van der Waals surface area contributed by atoms with Crippen LogP contribution in [0.25, 0.3) is 0 Å². The summed E-state index contributed by atoms with van der Waals surface area (Å²) in [6.45, 7) is 6.56. The number of para-hydroxylation sites is 2. The molecule has 4 rings (SSSR count). The standard InChI is InChI=1S/C20H24N4O3/c1-2-27-19-6-4-3-5-17(19)22-11-13-23(14-12-22)20-15-9-10-21-16(15)7-8-18(20)24(25)26/h3-8,21H,2,9-14H2,1H3. The van der Waals surface area contributed by atoms with E-state index in [9.17, 15) is 10.1 Å². The van der Waals surface area contributed by atoms with Gasteiger partial charge in [0, 0.05) is 50.0 Å². The molecule has 1 N–H and O–H groups in total. The van der Waals surface area contributed by atoms with Crippen molar-refractivity contribution in [3.63, 3.8) is 0 Å². The van der Waals surface area contributed by atoms with Gasteiger partial charge in [0.2, 0.25) is 0 Å². The van der Waals surface area contributed by atoms with Gasteiger partial charge in [-0.15, -0.1) is 0 Å². The van der Waals surface area contributed by atoms with Gasteiger partial charge in [-0.2, -0.15) is 0 Å². The third-order valence-electron chi connectivity index (χ3n) is 5.25. The first-order valence-electron chi connectivity index (χ1n) is 9.45. The molecule has 2 aromatic rings. The molecule has 0 atom stereocenters. The van der Waals surface area contributed by atoms with Crippen LogP contribution in [0, 0.1) is 10.1 Å².